The summed E-state index contributed by atoms with van der Waals surface area (Å²) in [5, 5.41) is 4.30. The summed E-state index contributed by atoms with van der Waals surface area (Å²) in [6.07, 6.45) is 9.40. The maximum absolute atomic E-state index is 6.38. The number of halogens is 2. The molecule has 1 aliphatic carbocycles. The van der Waals surface area contributed by atoms with Crippen molar-refractivity contribution in [3.05, 3.63) is 26.8 Å². The summed E-state index contributed by atoms with van der Waals surface area (Å²) in [7, 11) is 0. The van der Waals surface area contributed by atoms with Gasteiger partial charge in [-0.1, -0.05) is 30.9 Å². The van der Waals surface area contributed by atoms with E-state index in [9.17, 15) is 0 Å². The highest BCUT2D eigenvalue weighted by atomic mass is 127. The molecule has 1 aromatic carbocycles. The van der Waals surface area contributed by atoms with Crippen molar-refractivity contribution in [2.75, 3.05) is 11.9 Å². The Labute approximate surface area is 139 Å². The van der Waals surface area contributed by atoms with Gasteiger partial charge in [-0.2, -0.15) is 0 Å². The zero-order valence-corrected chi connectivity index (χ0v) is 14.5. The van der Waals surface area contributed by atoms with Gasteiger partial charge in [0.05, 0.1) is 11.7 Å². The SMILES string of the molecule is Clc1ccc(NCC2CCC3(CCCCC3)O2)c(I)c1. The normalized spacial score (nSPS) is 25.0. The van der Waals surface area contributed by atoms with Gasteiger partial charge >= 0.3 is 0 Å². The quantitative estimate of drug-likeness (QED) is 0.695. The Bertz CT molecular complexity index is 474. The van der Waals surface area contributed by atoms with E-state index in [0.717, 1.165) is 17.3 Å². The van der Waals surface area contributed by atoms with E-state index >= 15 is 0 Å². The van der Waals surface area contributed by atoms with E-state index in [2.05, 4.69) is 34.0 Å². The van der Waals surface area contributed by atoms with Crippen LogP contribution < -0.4 is 5.32 Å². The van der Waals surface area contributed by atoms with Crippen molar-refractivity contribution in [2.45, 2.75) is 56.7 Å². The largest absolute Gasteiger partial charge is 0.382 e. The second-order valence-corrected chi connectivity index (χ2v) is 7.63. The minimum absolute atomic E-state index is 0.220. The fourth-order valence-electron chi connectivity index (χ4n) is 3.46. The van der Waals surface area contributed by atoms with Gasteiger partial charge < -0.3 is 10.1 Å². The first-order valence-electron chi connectivity index (χ1n) is 7.54. The summed E-state index contributed by atoms with van der Waals surface area (Å²) in [5.74, 6) is 0. The molecule has 3 rings (SSSR count). The van der Waals surface area contributed by atoms with Gasteiger partial charge in [0.25, 0.3) is 0 Å². The zero-order valence-electron chi connectivity index (χ0n) is 11.6. The minimum atomic E-state index is 0.220. The molecule has 1 heterocycles. The Hall–Kier alpha value is -0.000000000000000111. The summed E-state index contributed by atoms with van der Waals surface area (Å²) in [4.78, 5) is 0. The van der Waals surface area contributed by atoms with Gasteiger partial charge in [-0.05, 0) is 66.5 Å². The van der Waals surface area contributed by atoms with Crippen LogP contribution in [0.4, 0.5) is 5.69 Å². The van der Waals surface area contributed by atoms with E-state index in [1.54, 1.807) is 0 Å². The predicted molar refractivity (Wildman–Crippen MR) is 92.6 cm³/mol. The van der Waals surface area contributed by atoms with Crippen LogP contribution in [-0.2, 0) is 4.74 Å². The van der Waals surface area contributed by atoms with Crippen molar-refractivity contribution in [3.8, 4) is 0 Å². The van der Waals surface area contributed by atoms with Crippen LogP contribution in [-0.4, -0.2) is 18.2 Å². The Morgan fingerprint density at radius 2 is 2.05 bits per heavy atom. The molecule has 0 amide bonds. The van der Waals surface area contributed by atoms with E-state index in [1.807, 2.05) is 12.1 Å². The number of nitrogens with one attached hydrogen (secondary N) is 1. The Morgan fingerprint density at radius 3 is 2.80 bits per heavy atom. The van der Waals surface area contributed by atoms with Crippen LogP contribution in [0.25, 0.3) is 0 Å². The third kappa shape index (κ3) is 3.42. The lowest BCUT2D eigenvalue weighted by Crippen LogP contribution is -2.33. The highest BCUT2D eigenvalue weighted by Crippen LogP contribution is 2.41. The van der Waals surface area contributed by atoms with Crippen LogP contribution >= 0.6 is 34.2 Å². The molecule has 1 unspecified atom stereocenters. The van der Waals surface area contributed by atoms with E-state index in [4.69, 9.17) is 16.3 Å². The molecule has 4 heteroatoms. The molecule has 1 aliphatic heterocycles. The van der Waals surface area contributed by atoms with E-state index in [-0.39, 0.29) is 5.60 Å². The van der Waals surface area contributed by atoms with E-state index in [1.165, 1.54) is 48.5 Å². The molecule has 2 aliphatic rings. The van der Waals surface area contributed by atoms with Crippen LogP contribution in [0, 0.1) is 3.57 Å². The lowest BCUT2D eigenvalue weighted by Gasteiger charge is -2.33. The second kappa shape index (κ2) is 6.41. The molecule has 1 saturated heterocycles. The van der Waals surface area contributed by atoms with Crippen LogP contribution in [0.15, 0.2) is 18.2 Å². The standard InChI is InChI=1S/C16H21ClINO/c17-12-4-5-15(14(18)10-12)19-11-13-6-9-16(20-13)7-2-1-3-8-16/h4-5,10,13,19H,1-3,6-9,11H2. The predicted octanol–water partition coefficient (Wildman–Crippen LogP) is 5.24. The third-order valence-electron chi connectivity index (χ3n) is 4.55. The first-order chi connectivity index (χ1) is 9.67. The average Bonchev–Trinajstić information content (AvgIpc) is 2.82. The molecule has 0 bridgehead atoms. The summed E-state index contributed by atoms with van der Waals surface area (Å²) in [5.41, 5.74) is 1.38. The molecule has 2 fully saturated rings. The molecule has 20 heavy (non-hydrogen) atoms. The van der Waals surface area contributed by atoms with Gasteiger partial charge in [0.1, 0.15) is 0 Å². The van der Waals surface area contributed by atoms with Crippen LogP contribution in [0.1, 0.15) is 44.9 Å². The topological polar surface area (TPSA) is 21.3 Å². The monoisotopic (exact) mass is 405 g/mol. The lowest BCUT2D eigenvalue weighted by atomic mass is 9.83. The fraction of sp³-hybridized carbons (Fsp3) is 0.625. The molecule has 1 atom stereocenters. The average molecular weight is 406 g/mol. The number of hydrogen-bond donors (Lipinski definition) is 1. The maximum atomic E-state index is 6.38. The van der Waals surface area contributed by atoms with Crippen molar-refractivity contribution < 1.29 is 4.74 Å². The number of hydrogen-bond acceptors (Lipinski definition) is 2. The Kier molecular flexibility index (Phi) is 4.78. The molecule has 0 aromatic heterocycles. The van der Waals surface area contributed by atoms with Gasteiger partial charge in [-0.25, -0.2) is 0 Å². The van der Waals surface area contributed by atoms with E-state index < -0.39 is 0 Å². The molecule has 1 saturated carbocycles. The van der Waals surface area contributed by atoms with Gasteiger partial charge in [-0.15, -0.1) is 0 Å². The van der Waals surface area contributed by atoms with Gasteiger partial charge in [0.15, 0.2) is 0 Å². The fourth-order valence-corrected chi connectivity index (χ4v) is 4.52. The van der Waals surface area contributed by atoms with Crippen LogP contribution in [0.5, 0.6) is 0 Å². The first-order valence-corrected chi connectivity index (χ1v) is 8.99. The van der Waals surface area contributed by atoms with Gasteiger partial charge in [0.2, 0.25) is 0 Å². The summed E-state index contributed by atoms with van der Waals surface area (Å²) in [6, 6.07) is 5.97. The van der Waals surface area contributed by atoms with Crippen LogP contribution in [0.2, 0.25) is 5.02 Å². The number of rotatable bonds is 3. The highest BCUT2D eigenvalue weighted by molar-refractivity contribution is 14.1. The van der Waals surface area contributed by atoms with Crippen LogP contribution in [0.3, 0.4) is 0 Å². The number of ether oxygens (including phenoxy) is 1. The number of anilines is 1. The van der Waals surface area contributed by atoms with Crippen molar-refractivity contribution in [3.63, 3.8) is 0 Å². The summed E-state index contributed by atoms with van der Waals surface area (Å²) < 4.78 is 7.55. The third-order valence-corrected chi connectivity index (χ3v) is 5.68. The summed E-state index contributed by atoms with van der Waals surface area (Å²) >= 11 is 8.31. The molecule has 0 radical (unpaired) electrons. The smallest absolute Gasteiger partial charge is 0.0756 e. The van der Waals surface area contributed by atoms with Crippen molar-refractivity contribution in [2.24, 2.45) is 0 Å². The molecule has 110 valence electrons. The Balaban J connectivity index is 1.54. The molecule has 1 aromatic rings. The molecular weight excluding hydrogens is 385 g/mol. The minimum Gasteiger partial charge on any atom is -0.382 e. The number of benzene rings is 1. The Morgan fingerprint density at radius 1 is 1.25 bits per heavy atom. The highest BCUT2D eigenvalue weighted by Gasteiger charge is 2.40. The summed E-state index contributed by atoms with van der Waals surface area (Å²) in [6.45, 7) is 0.902. The van der Waals surface area contributed by atoms with Crippen molar-refractivity contribution >= 4 is 39.9 Å². The lowest BCUT2D eigenvalue weighted by molar-refractivity contribution is -0.0588. The second-order valence-electron chi connectivity index (χ2n) is 6.03. The molecular formula is C16H21ClINO. The molecule has 2 nitrogen and oxygen atoms in total. The first kappa shape index (κ1) is 14.9. The van der Waals surface area contributed by atoms with Crippen molar-refractivity contribution in [1.29, 1.82) is 0 Å². The maximum Gasteiger partial charge on any atom is 0.0756 e. The van der Waals surface area contributed by atoms with Crippen molar-refractivity contribution in [1.82, 2.24) is 0 Å². The zero-order chi connectivity index (χ0) is 14.0. The van der Waals surface area contributed by atoms with E-state index in [0.29, 0.717) is 6.10 Å². The van der Waals surface area contributed by atoms with Gasteiger partial charge in [-0.3, -0.25) is 0 Å². The molecule has 1 spiro atoms. The molecule has 1 N–H and O–H groups in total. The van der Waals surface area contributed by atoms with Gasteiger partial charge in [0, 0.05) is 20.8 Å².